The molecule has 0 amide bonds. The summed E-state index contributed by atoms with van der Waals surface area (Å²) in [5, 5.41) is 0. The summed E-state index contributed by atoms with van der Waals surface area (Å²) >= 11 is 0. The van der Waals surface area contributed by atoms with Crippen LogP contribution in [0.15, 0.2) is 18.2 Å². The average Bonchev–Trinajstić information content (AvgIpc) is 2.09. The Balaban J connectivity index is 2.97. The molecule has 0 saturated carbocycles. The largest absolute Gasteiger partial charge is 0.496 e. The molecule has 0 atom stereocenters. The van der Waals surface area contributed by atoms with Crippen LogP contribution >= 0.6 is 0 Å². The molecule has 1 aromatic carbocycles. The second-order valence-corrected chi connectivity index (χ2v) is 2.68. The maximum absolute atomic E-state index is 5.18. The van der Waals surface area contributed by atoms with Gasteiger partial charge in [-0.1, -0.05) is 12.1 Å². The van der Waals surface area contributed by atoms with Gasteiger partial charge in [-0.2, -0.15) is 0 Å². The Hall–Kier alpha value is -1.02. The highest BCUT2D eigenvalue weighted by Gasteiger charge is 2.02. The number of rotatable bonds is 3. The van der Waals surface area contributed by atoms with E-state index in [1.54, 1.807) is 14.2 Å². The highest BCUT2D eigenvalue weighted by molar-refractivity contribution is 5.38. The lowest BCUT2D eigenvalue weighted by Gasteiger charge is -2.08. The predicted octanol–water partition coefficient (Wildman–Crippen LogP) is 2.15. The molecule has 0 N–H and O–H groups in total. The van der Waals surface area contributed by atoms with Crippen LogP contribution in [0.5, 0.6) is 5.75 Å². The molecule has 66 valence electrons. The Morgan fingerprint density at radius 1 is 1.25 bits per heavy atom. The molecule has 1 aromatic rings. The quantitative estimate of drug-likeness (QED) is 0.685. The van der Waals surface area contributed by atoms with E-state index in [4.69, 9.17) is 9.47 Å². The van der Waals surface area contributed by atoms with Crippen molar-refractivity contribution in [2.75, 3.05) is 14.2 Å². The van der Waals surface area contributed by atoms with Crippen molar-refractivity contribution in [2.45, 2.75) is 13.5 Å². The molecule has 0 unspecified atom stereocenters. The summed E-state index contributed by atoms with van der Waals surface area (Å²) in [6, 6.07) is 5.97. The predicted molar refractivity (Wildman–Crippen MR) is 48.4 cm³/mol. The molecule has 0 bridgehead atoms. The fraction of sp³-hybridized carbons (Fsp3) is 0.400. The Bertz CT molecular complexity index is 256. The summed E-state index contributed by atoms with van der Waals surface area (Å²) in [7, 11) is 3.37. The van der Waals surface area contributed by atoms with Crippen LogP contribution in [0.4, 0.5) is 0 Å². The van der Waals surface area contributed by atoms with Gasteiger partial charge in [0.15, 0.2) is 0 Å². The van der Waals surface area contributed by atoms with Gasteiger partial charge < -0.3 is 9.47 Å². The van der Waals surface area contributed by atoms with Crippen LogP contribution in [-0.4, -0.2) is 14.2 Å². The molecule has 0 fully saturated rings. The van der Waals surface area contributed by atoms with Gasteiger partial charge in [-0.05, 0) is 24.1 Å². The Morgan fingerprint density at radius 3 is 2.58 bits per heavy atom. The van der Waals surface area contributed by atoms with Gasteiger partial charge in [-0.15, -0.1) is 0 Å². The van der Waals surface area contributed by atoms with E-state index in [9.17, 15) is 0 Å². The minimum absolute atomic E-state index is 0.642. The third-order valence-corrected chi connectivity index (χ3v) is 1.92. The minimum Gasteiger partial charge on any atom is -0.496 e. The molecule has 0 heterocycles. The van der Waals surface area contributed by atoms with Crippen molar-refractivity contribution in [3.05, 3.63) is 29.3 Å². The second kappa shape index (κ2) is 4.12. The lowest BCUT2D eigenvalue weighted by atomic mass is 10.1. The van der Waals surface area contributed by atoms with Gasteiger partial charge in [0.2, 0.25) is 0 Å². The second-order valence-electron chi connectivity index (χ2n) is 2.68. The van der Waals surface area contributed by atoms with Crippen molar-refractivity contribution in [3.8, 4) is 5.75 Å². The Morgan fingerprint density at radius 2 is 2.00 bits per heavy atom. The van der Waals surface area contributed by atoms with E-state index >= 15 is 0 Å². The average molecular weight is 166 g/mol. The summed E-state index contributed by atoms with van der Waals surface area (Å²) in [6.45, 7) is 2.68. The van der Waals surface area contributed by atoms with Crippen molar-refractivity contribution >= 4 is 0 Å². The van der Waals surface area contributed by atoms with Crippen molar-refractivity contribution < 1.29 is 9.47 Å². The van der Waals surface area contributed by atoms with Crippen LogP contribution in [0.2, 0.25) is 0 Å². The van der Waals surface area contributed by atoms with Crippen molar-refractivity contribution in [3.63, 3.8) is 0 Å². The van der Waals surface area contributed by atoms with E-state index in [2.05, 4.69) is 0 Å². The molecular formula is C10H14O2. The molecule has 12 heavy (non-hydrogen) atoms. The van der Waals surface area contributed by atoms with Crippen LogP contribution in [-0.2, 0) is 11.3 Å². The molecule has 0 aliphatic heterocycles. The van der Waals surface area contributed by atoms with Gasteiger partial charge in [0.05, 0.1) is 13.7 Å². The van der Waals surface area contributed by atoms with Crippen LogP contribution in [0.3, 0.4) is 0 Å². The van der Waals surface area contributed by atoms with Gasteiger partial charge in [-0.25, -0.2) is 0 Å². The molecule has 2 heteroatoms. The molecule has 0 aliphatic carbocycles. The molecule has 0 spiro atoms. The maximum Gasteiger partial charge on any atom is 0.122 e. The van der Waals surface area contributed by atoms with E-state index in [-0.39, 0.29) is 0 Å². The number of benzene rings is 1. The number of hydrogen-bond donors (Lipinski definition) is 0. The van der Waals surface area contributed by atoms with Crippen LogP contribution in [0, 0.1) is 6.92 Å². The van der Waals surface area contributed by atoms with Gasteiger partial charge in [0, 0.05) is 7.11 Å². The molecule has 1 rings (SSSR count). The monoisotopic (exact) mass is 166 g/mol. The molecular weight excluding hydrogens is 152 g/mol. The molecule has 0 radical (unpaired) electrons. The zero-order chi connectivity index (χ0) is 8.97. The van der Waals surface area contributed by atoms with Crippen LogP contribution in [0.1, 0.15) is 11.1 Å². The van der Waals surface area contributed by atoms with E-state index in [1.165, 1.54) is 5.56 Å². The first kappa shape index (κ1) is 9.07. The van der Waals surface area contributed by atoms with E-state index in [0.717, 1.165) is 11.3 Å². The molecule has 0 aliphatic rings. The summed E-state index contributed by atoms with van der Waals surface area (Å²) in [4.78, 5) is 0. The lowest BCUT2D eigenvalue weighted by molar-refractivity contribution is 0.184. The molecule has 0 saturated heterocycles. The third-order valence-electron chi connectivity index (χ3n) is 1.92. The molecule has 2 nitrogen and oxygen atoms in total. The number of methoxy groups -OCH3 is 2. The summed E-state index contributed by atoms with van der Waals surface area (Å²) < 4.78 is 10.2. The first-order chi connectivity index (χ1) is 5.79. The van der Waals surface area contributed by atoms with Crippen LogP contribution in [0.25, 0.3) is 0 Å². The first-order valence-corrected chi connectivity index (χ1v) is 3.91. The Kier molecular flexibility index (Phi) is 3.11. The molecule has 0 aromatic heterocycles. The fourth-order valence-corrected chi connectivity index (χ4v) is 1.19. The minimum atomic E-state index is 0.642. The van der Waals surface area contributed by atoms with Crippen molar-refractivity contribution in [2.24, 2.45) is 0 Å². The van der Waals surface area contributed by atoms with Gasteiger partial charge in [-0.3, -0.25) is 0 Å². The van der Waals surface area contributed by atoms with Gasteiger partial charge >= 0.3 is 0 Å². The fourth-order valence-electron chi connectivity index (χ4n) is 1.19. The zero-order valence-corrected chi connectivity index (χ0v) is 7.76. The third kappa shape index (κ3) is 1.77. The van der Waals surface area contributed by atoms with Gasteiger partial charge in [0.1, 0.15) is 5.75 Å². The zero-order valence-electron chi connectivity index (χ0n) is 7.76. The smallest absolute Gasteiger partial charge is 0.122 e. The summed E-state index contributed by atoms with van der Waals surface area (Å²) in [5.74, 6) is 0.921. The van der Waals surface area contributed by atoms with E-state index in [0.29, 0.717) is 6.61 Å². The highest BCUT2D eigenvalue weighted by Crippen LogP contribution is 2.20. The topological polar surface area (TPSA) is 18.5 Å². The van der Waals surface area contributed by atoms with E-state index < -0.39 is 0 Å². The SMILES string of the molecule is COCc1cccc(OC)c1C. The van der Waals surface area contributed by atoms with Crippen LogP contribution < -0.4 is 4.74 Å². The number of hydrogen-bond acceptors (Lipinski definition) is 2. The van der Waals surface area contributed by atoms with Crippen molar-refractivity contribution in [1.29, 1.82) is 0 Å². The normalized spacial score (nSPS) is 9.92. The highest BCUT2D eigenvalue weighted by atomic mass is 16.5. The summed E-state index contributed by atoms with van der Waals surface area (Å²) in [6.07, 6.45) is 0. The van der Waals surface area contributed by atoms with Crippen molar-refractivity contribution in [1.82, 2.24) is 0 Å². The Labute approximate surface area is 73.1 Å². The van der Waals surface area contributed by atoms with Gasteiger partial charge in [0.25, 0.3) is 0 Å². The lowest BCUT2D eigenvalue weighted by Crippen LogP contribution is -1.94. The number of ether oxygens (including phenoxy) is 2. The maximum atomic E-state index is 5.18. The standard InChI is InChI=1S/C10H14O2/c1-8-9(7-11-2)5-4-6-10(8)12-3/h4-6H,7H2,1-3H3. The summed E-state index contributed by atoms with van der Waals surface area (Å²) in [5.41, 5.74) is 2.33. The first-order valence-electron chi connectivity index (χ1n) is 3.91. The van der Waals surface area contributed by atoms with E-state index in [1.807, 2.05) is 25.1 Å².